The molecule has 4 fully saturated rings. The smallest absolute Gasteiger partial charge is 0.0639 e. The van der Waals surface area contributed by atoms with E-state index < -0.39 is 0 Å². The van der Waals surface area contributed by atoms with Crippen LogP contribution >= 0.6 is 11.8 Å². The van der Waals surface area contributed by atoms with Gasteiger partial charge < -0.3 is 5.11 Å². The fraction of sp³-hybridized carbons (Fsp3) is 1.00. The van der Waals surface area contributed by atoms with Crippen molar-refractivity contribution in [2.45, 2.75) is 80.8 Å². The van der Waals surface area contributed by atoms with Gasteiger partial charge in [0.1, 0.15) is 0 Å². The van der Waals surface area contributed by atoms with Crippen LogP contribution in [0.1, 0.15) is 51.9 Å². The first-order valence-electron chi connectivity index (χ1n) is 9.27. The number of aliphatic hydroxyl groups excluding tert-OH is 1. The van der Waals surface area contributed by atoms with Crippen molar-refractivity contribution in [2.24, 2.45) is 17.8 Å². The standard InChI is InChI=1S/C17H31N3OS/c1-10-5-6-14-13(7-10)15-16(18-9-19-17(15)22-14)20-11-3-2-4-12(21)8-11/h10-21H,2-9H2,1H3. The molecule has 4 nitrogen and oxygen atoms in total. The van der Waals surface area contributed by atoms with Gasteiger partial charge in [0, 0.05) is 23.9 Å². The lowest BCUT2D eigenvalue weighted by molar-refractivity contribution is 0.0833. The minimum absolute atomic E-state index is 0.0934. The number of nitrogens with one attached hydrogen (secondary N) is 3. The van der Waals surface area contributed by atoms with E-state index in [4.69, 9.17) is 0 Å². The largest absolute Gasteiger partial charge is 0.393 e. The molecule has 0 bridgehead atoms. The monoisotopic (exact) mass is 325 g/mol. The highest BCUT2D eigenvalue weighted by Gasteiger charge is 2.50. The molecule has 5 heteroatoms. The second-order valence-electron chi connectivity index (χ2n) is 8.00. The summed E-state index contributed by atoms with van der Waals surface area (Å²) in [5.74, 6) is 2.44. The van der Waals surface area contributed by atoms with Crippen molar-refractivity contribution in [2.75, 3.05) is 6.67 Å². The first kappa shape index (κ1) is 15.7. The van der Waals surface area contributed by atoms with Crippen LogP contribution in [-0.2, 0) is 0 Å². The molecule has 0 amide bonds. The third-order valence-corrected chi connectivity index (χ3v) is 8.04. The SMILES string of the molecule is CC1CCC2SC3NCNC(NC4CCCC(O)C4)C3C2C1. The van der Waals surface area contributed by atoms with Crippen LogP contribution in [0, 0.1) is 17.8 Å². The van der Waals surface area contributed by atoms with E-state index >= 15 is 0 Å². The summed E-state index contributed by atoms with van der Waals surface area (Å²) in [5, 5.41) is 22.7. The zero-order valence-electron chi connectivity index (χ0n) is 13.6. The van der Waals surface area contributed by atoms with Gasteiger partial charge in [-0.15, -0.1) is 11.8 Å². The van der Waals surface area contributed by atoms with Crippen LogP contribution in [0.2, 0.25) is 0 Å². The minimum Gasteiger partial charge on any atom is -0.393 e. The maximum atomic E-state index is 9.94. The second-order valence-corrected chi connectivity index (χ2v) is 9.39. The summed E-state index contributed by atoms with van der Waals surface area (Å²) in [6.07, 6.45) is 8.84. The van der Waals surface area contributed by atoms with Crippen molar-refractivity contribution < 1.29 is 5.11 Å². The van der Waals surface area contributed by atoms with Crippen LogP contribution in [0.25, 0.3) is 0 Å². The predicted octanol–water partition coefficient (Wildman–Crippen LogP) is 1.85. The van der Waals surface area contributed by atoms with Gasteiger partial charge in [0.2, 0.25) is 0 Å². The third kappa shape index (κ3) is 3.07. The summed E-state index contributed by atoms with van der Waals surface area (Å²) < 4.78 is 0. The van der Waals surface area contributed by atoms with E-state index in [1.54, 1.807) is 0 Å². The van der Waals surface area contributed by atoms with Gasteiger partial charge in [-0.25, -0.2) is 0 Å². The van der Waals surface area contributed by atoms with Crippen LogP contribution in [-0.4, -0.2) is 40.7 Å². The van der Waals surface area contributed by atoms with E-state index in [0.29, 0.717) is 23.5 Å². The topological polar surface area (TPSA) is 56.3 Å². The van der Waals surface area contributed by atoms with Gasteiger partial charge in [0.05, 0.1) is 17.6 Å². The molecule has 22 heavy (non-hydrogen) atoms. The highest BCUT2D eigenvalue weighted by Crippen LogP contribution is 2.51. The summed E-state index contributed by atoms with van der Waals surface area (Å²) >= 11 is 2.21. The van der Waals surface area contributed by atoms with Crippen molar-refractivity contribution >= 4 is 11.8 Å². The Balaban J connectivity index is 1.45. The minimum atomic E-state index is -0.0934. The Morgan fingerprint density at radius 1 is 1.09 bits per heavy atom. The Morgan fingerprint density at radius 3 is 2.86 bits per heavy atom. The van der Waals surface area contributed by atoms with Gasteiger partial charge in [-0.05, 0) is 56.8 Å². The van der Waals surface area contributed by atoms with Gasteiger partial charge in [-0.2, -0.15) is 0 Å². The summed E-state index contributed by atoms with van der Waals surface area (Å²) in [6.45, 7) is 3.34. The fourth-order valence-electron chi connectivity index (χ4n) is 5.23. The number of fused-ring (bicyclic) bond motifs is 3. The highest BCUT2D eigenvalue weighted by atomic mass is 32.2. The van der Waals surface area contributed by atoms with Crippen LogP contribution in [0.15, 0.2) is 0 Å². The quantitative estimate of drug-likeness (QED) is 0.624. The lowest BCUT2D eigenvalue weighted by Crippen LogP contribution is -2.63. The van der Waals surface area contributed by atoms with Crippen molar-refractivity contribution in [3.8, 4) is 0 Å². The average Bonchev–Trinajstić information content (AvgIpc) is 2.86. The van der Waals surface area contributed by atoms with Crippen molar-refractivity contribution in [1.82, 2.24) is 16.0 Å². The fourth-order valence-corrected chi connectivity index (χ4v) is 7.09. The molecule has 2 aliphatic heterocycles. The van der Waals surface area contributed by atoms with Crippen molar-refractivity contribution in [1.29, 1.82) is 0 Å². The first-order valence-corrected chi connectivity index (χ1v) is 10.2. The summed E-state index contributed by atoms with van der Waals surface area (Å²) in [5.41, 5.74) is 0. The highest BCUT2D eigenvalue weighted by molar-refractivity contribution is 8.00. The van der Waals surface area contributed by atoms with Gasteiger partial charge in [-0.1, -0.05) is 6.92 Å². The zero-order chi connectivity index (χ0) is 15.1. The van der Waals surface area contributed by atoms with Crippen molar-refractivity contribution in [3.63, 3.8) is 0 Å². The van der Waals surface area contributed by atoms with Gasteiger partial charge in [0.15, 0.2) is 0 Å². The van der Waals surface area contributed by atoms with Crippen LogP contribution in [0.4, 0.5) is 0 Å². The average molecular weight is 326 g/mol. The number of hydrogen-bond donors (Lipinski definition) is 4. The number of hydrogen-bond acceptors (Lipinski definition) is 5. The Hall–Kier alpha value is 0.190. The molecule has 4 rings (SSSR count). The molecule has 2 saturated heterocycles. The molecule has 4 N–H and O–H groups in total. The lowest BCUT2D eigenvalue weighted by Gasteiger charge is -2.42. The van der Waals surface area contributed by atoms with Crippen LogP contribution in [0.3, 0.4) is 0 Å². The molecular weight excluding hydrogens is 294 g/mol. The van der Waals surface area contributed by atoms with E-state index in [1.165, 1.54) is 25.7 Å². The number of rotatable bonds is 2. The van der Waals surface area contributed by atoms with Gasteiger partial charge in [0.25, 0.3) is 0 Å². The lowest BCUT2D eigenvalue weighted by atomic mass is 9.74. The molecule has 8 atom stereocenters. The van der Waals surface area contributed by atoms with Crippen LogP contribution in [0.5, 0.6) is 0 Å². The zero-order valence-corrected chi connectivity index (χ0v) is 14.4. The summed E-state index contributed by atoms with van der Waals surface area (Å²) in [7, 11) is 0. The molecule has 0 aromatic rings. The molecule has 126 valence electrons. The molecule has 2 aliphatic carbocycles. The molecule has 0 spiro atoms. The predicted molar refractivity (Wildman–Crippen MR) is 91.5 cm³/mol. The molecule has 2 saturated carbocycles. The summed E-state index contributed by atoms with van der Waals surface area (Å²) in [6, 6.07) is 0.491. The maximum Gasteiger partial charge on any atom is 0.0639 e. The molecule has 2 heterocycles. The summed E-state index contributed by atoms with van der Waals surface area (Å²) in [4.78, 5) is 0. The molecule has 0 radical (unpaired) electrons. The van der Waals surface area contributed by atoms with Crippen molar-refractivity contribution in [3.05, 3.63) is 0 Å². The normalized spacial score (nSPS) is 52.1. The number of aliphatic hydroxyl groups is 1. The van der Waals surface area contributed by atoms with E-state index in [0.717, 1.165) is 43.0 Å². The molecule has 0 aromatic carbocycles. The first-order chi connectivity index (χ1) is 10.7. The molecule has 0 aromatic heterocycles. The van der Waals surface area contributed by atoms with E-state index in [-0.39, 0.29) is 6.10 Å². The molecular formula is C17H31N3OS. The molecule has 4 aliphatic rings. The molecule has 8 unspecified atom stereocenters. The third-order valence-electron chi connectivity index (χ3n) is 6.33. The Labute approximate surface area is 138 Å². The Kier molecular flexibility index (Phi) is 4.71. The van der Waals surface area contributed by atoms with Crippen LogP contribution < -0.4 is 16.0 Å². The van der Waals surface area contributed by atoms with E-state index in [2.05, 4.69) is 34.6 Å². The Bertz CT molecular complexity index is 396. The van der Waals surface area contributed by atoms with E-state index in [1.807, 2.05) is 0 Å². The van der Waals surface area contributed by atoms with Gasteiger partial charge >= 0.3 is 0 Å². The Morgan fingerprint density at radius 2 is 2.00 bits per heavy atom. The second kappa shape index (κ2) is 6.60. The van der Waals surface area contributed by atoms with Gasteiger partial charge in [-0.3, -0.25) is 16.0 Å². The van der Waals surface area contributed by atoms with E-state index in [9.17, 15) is 5.11 Å². The maximum absolute atomic E-state index is 9.94. The number of thioether (sulfide) groups is 1.